The summed E-state index contributed by atoms with van der Waals surface area (Å²) in [6.45, 7) is 2.85. The summed E-state index contributed by atoms with van der Waals surface area (Å²) >= 11 is 0. The van der Waals surface area contributed by atoms with E-state index in [0.717, 1.165) is 49.3 Å². The van der Waals surface area contributed by atoms with Crippen molar-refractivity contribution in [2.24, 2.45) is 0 Å². The number of nitrogens with zero attached hydrogens (tertiary/aromatic N) is 2. The highest BCUT2D eigenvalue weighted by Gasteiger charge is 2.50. The maximum absolute atomic E-state index is 13.5. The number of nitrogens with one attached hydrogen (secondary N) is 2. The van der Waals surface area contributed by atoms with Gasteiger partial charge in [0.1, 0.15) is 11.0 Å². The van der Waals surface area contributed by atoms with E-state index < -0.39 is 11.0 Å². The molecule has 184 valence electrons. The predicted molar refractivity (Wildman–Crippen MR) is 140 cm³/mol. The summed E-state index contributed by atoms with van der Waals surface area (Å²) in [4.78, 5) is 31.2. The van der Waals surface area contributed by atoms with Crippen LogP contribution in [0.25, 0.3) is 0 Å². The number of carbonyl (C=O) groups is 2. The molecule has 1 atom stereocenters. The topological polar surface area (TPSA) is 64.7 Å². The van der Waals surface area contributed by atoms with Gasteiger partial charge in [-0.25, -0.2) is 0 Å². The molecular formula is C30H32N4O2. The molecule has 2 saturated heterocycles. The molecule has 2 heterocycles. The summed E-state index contributed by atoms with van der Waals surface area (Å²) in [7, 11) is 1.69. The number of piperidine rings is 1. The Morgan fingerprint density at radius 1 is 1.03 bits per heavy atom. The van der Waals surface area contributed by atoms with Gasteiger partial charge in [0.25, 0.3) is 0 Å². The zero-order valence-corrected chi connectivity index (χ0v) is 20.7. The van der Waals surface area contributed by atoms with Crippen LogP contribution in [0.15, 0.2) is 78.9 Å². The van der Waals surface area contributed by atoms with Crippen LogP contribution in [0.2, 0.25) is 0 Å². The van der Waals surface area contributed by atoms with E-state index in [9.17, 15) is 9.59 Å². The van der Waals surface area contributed by atoms with Crippen molar-refractivity contribution < 1.29 is 9.59 Å². The summed E-state index contributed by atoms with van der Waals surface area (Å²) in [6, 6.07) is 32.0. The number of para-hydroxylation sites is 1. The van der Waals surface area contributed by atoms with E-state index in [1.165, 1.54) is 0 Å². The lowest BCUT2D eigenvalue weighted by atomic mass is 9.71. The fourth-order valence-electron chi connectivity index (χ4n) is 5.84. The number of likely N-dealkylation sites (tertiary alicyclic amines) is 1. The van der Waals surface area contributed by atoms with Gasteiger partial charge in [0.05, 0.1) is 6.67 Å². The van der Waals surface area contributed by atoms with Gasteiger partial charge >= 0.3 is 0 Å². The molecule has 3 aromatic carbocycles. The Morgan fingerprint density at radius 2 is 1.72 bits per heavy atom. The molecular weight excluding hydrogens is 448 g/mol. The number of likely N-dealkylation sites (N-methyl/N-ethyl adjacent to an activating group) is 1. The van der Waals surface area contributed by atoms with Crippen LogP contribution in [-0.2, 0) is 15.0 Å². The van der Waals surface area contributed by atoms with E-state index in [0.29, 0.717) is 13.1 Å². The molecule has 0 bridgehead atoms. The first-order chi connectivity index (χ1) is 17.6. The highest BCUT2D eigenvalue weighted by molar-refractivity contribution is 5.93. The fraction of sp³-hybridized carbons (Fsp3) is 0.333. The van der Waals surface area contributed by atoms with E-state index in [-0.39, 0.29) is 11.8 Å². The normalized spacial score (nSPS) is 17.5. The smallest absolute Gasteiger partial charge is 0.247 e. The predicted octanol–water partition coefficient (Wildman–Crippen LogP) is 3.14. The summed E-state index contributed by atoms with van der Waals surface area (Å²) in [5, 5.41) is 5.98. The quantitative estimate of drug-likeness (QED) is 0.546. The van der Waals surface area contributed by atoms with E-state index in [1.54, 1.807) is 13.1 Å². The van der Waals surface area contributed by atoms with Crippen LogP contribution < -0.4 is 15.5 Å². The Hall–Kier alpha value is -3.82. The molecule has 2 aliphatic rings. The van der Waals surface area contributed by atoms with Gasteiger partial charge < -0.3 is 20.4 Å². The van der Waals surface area contributed by atoms with Gasteiger partial charge in [-0.1, -0.05) is 66.7 Å². The van der Waals surface area contributed by atoms with E-state index in [4.69, 9.17) is 0 Å². The minimum Gasteiger partial charge on any atom is -0.358 e. The second-order valence-corrected chi connectivity index (χ2v) is 9.61. The molecule has 36 heavy (non-hydrogen) atoms. The summed E-state index contributed by atoms with van der Waals surface area (Å²) in [6.07, 6.45) is 2.10. The van der Waals surface area contributed by atoms with Crippen molar-refractivity contribution in [3.8, 4) is 0 Å². The number of hydrogen-bond donors (Lipinski definition) is 2. The molecule has 0 saturated carbocycles. The van der Waals surface area contributed by atoms with Crippen LogP contribution in [0.3, 0.4) is 0 Å². The van der Waals surface area contributed by atoms with Crippen molar-refractivity contribution in [2.45, 2.75) is 30.2 Å². The molecule has 1 unspecified atom stereocenters. The summed E-state index contributed by atoms with van der Waals surface area (Å²) < 4.78 is 0. The molecule has 2 amide bonds. The Balaban J connectivity index is 1.37. The lowest BCUT2D eigenvalue weighted by Gasteiger charge is -2.44. The van der Waals surface area contributed by atoms with E-state index in [2.05, 4.69) is 44.7 Å². The second-order valence-electron chi connectivity index (χ2n) is 9.61. The fourth-order valence-corrected chi connectivity index (χ4v) is 5.84. The molecule has 2 fully saturated rings. The van der Waals surface area contributed by atoms with Crippen LogP contribution in [-0.4, -0.2) is 55.6 Å². The highest BCUT2D eigenvalue weighted by Crippen LogP contribution is 2.38. The van der Waals surface area contributed by atoms with Crippen molar-refractivity contribution >= 4 is 17.5 Å². The molecule has 0 aliphatic carbocycles. The summed E-state index contributed by atoms with van der Waals surface area (Å²) in [5.74, 6) is 0.0628. The maximum Gasteiger partial charge on any atom is 0.247 e. The van der Waals surface area contributed by atoms with Gasteiger partial charge in [0, 0.05) is 31.4 Å². The van der Waals surface area contributed by atoms with Gasteiger partial charge in [0.15, 0.2) is 0 Å². The molecule has 0 radical (unpaired) electrons. The number of carbonyl (C=O) groups excluding carboxylic acids is 2. The van der Waals surface area contributed by atoms with Crippen LogP contribution in [0, 0.1) is 12.1 Å². The SMILES string of the molecule is CNC(=O)C(CCN1CCC2(CC1)C(=O)NCN2c1ccccc1)(c1c#cccc1)c1ccccc1. The van der Waals surface area contributed by atoms with Crippen LogP contribution in [0.4, 0.5) is 5.69 Å². The van der Waals surface area contributed by atoms with E-state index in [1.807, 2.05) is 60.7 Å². The standard InChI is InChI=1S/C30H32N4O2/c1-31-28(36)30(24-11-5-2-6-12-24,25-13-7-3-8-14-25)19-22-33-20-17-29(18-21-33)27(35)32-23-34(29)26-15-9-4-10-16-26/h2-7,9-13,15-16H,17-23H2,1H3,(H,31,36)(H,32,35). The average molecular weight is 481 g/mol. The number of rotatable bonds is 7. The van der Waals surface area contributed by atoms with Gasteiger partial charge in [0.2, 0.25) is 11.8 Å². The number of benzene rings is 2. The van der Waals surface area contributed by atoms with Crippen molar-refractivity contribution in [1.29, 1.82) is 0 Å². The van der Waals surface area contributed by atoms with Crippen molar-refractivity contribution in [3.63, 3.8) is 0 Å². The van der Waals surface area contributed by atoms with Crippen molar-refractivity contribution in [1.82, 2.24) is 15.5 Å². The van der Waals surface area contributed by atoms with Crippen molar-refractivity contribution in [3.05, 3.63) is 102 Å². The molecule has 6 nitrogen and oxygen atoms in total. The third-order valence-electron chi connectivity index (χ3n) is 7.88. The van der Waals surface area contributed by atoms with Gasteiger partial charge in [-0.2, -0.15) is 0 Å². The minimum absolute atomic E-state index is 0.0524. The van der Waals surface area contributed by atoms with Crippen LogP contribution in [0.1, 0.15) is 30.4 Å². The van der Waals surface area contributed by atoms with Gasteiger partial charge in [-0.3, -0.25) is 9.59 Å². The van der Waals surface area contributed by atoms with Crippen LogP contribution in [0.5, 0.6) is 0 Å². The molecule has 2 aliphatic heterocycles. The number of amides is 2. The molecule has 6 heteroatoms. The van der Waals surface area contributed by atoms with Crippen LogP contribution >= 0.6 is 0 Å². The lowest BCUT2D eigenvalue weighted by molar-refractivity contribution is -0.125. The highest BCUT2D eigenvalue weighted by atomic mass is 16.2. The molecule has 1 spiro atoms. The first kappa shape index (κ1) is 23.9. The summed E-state index contributed by atoms with van der Waals surface area (Å²) in [5.41, 5.74) is 1.44. The maximum atomic E-state index is 13.5. The van der Waals surface area contributed by atoms with Gasteiger partial charge in [-0.15, -0.1) is 0 Å². The molecule has 0 aromatic heterocycles. The Bertz CT molecular complexity index is 1140. The average Bonchev–Trinajstić information content (AvgIpc) is 3.26. The number of hydrogen-bond acceptors (Lipinski definition) is 4. The van der Waals surface area contributed by atoms with Crippen molar-refractivity contribution in [2.75, 3.05) is 38.3 Å². The molecule has 2 N–H and O–H groups in total. The third-order valence-corrected chi connectivity index (χ3v) is 7.88. The largest absolute Gasteiger partial charge is 0.358 e. The second kappa shape index (κ2) is 10.0. The first-order valence-electron chi connectivity index (χ1n) is 12.6. The zero-order chi connectivity index (χ0) is 25.0. The van der Waals surface area contributed by atoms with Gasteiger partial charge in [-0.05, 0) is 55.6 Å². The Kier molecular flexibility index (Phi) is 6.67. The van der Waals surface area contributed by atoms with E-state index >= 15 is 0 Å². The lowest BCUT2D eigenvalue weighted by Crippen LogP contribution is -2.57. The molecule has 5 rings (SSSR count). The minimum atomic E-state index is -0.871. The molecule has 3 aromatic rings. The Labute approximate surface area is 213 Å². The zero-order valence-electron chi connectivity index (χ0n) is 20.7. The Morgan fingerprint density at radius 3 is 2.36 bits per heavy atom. The monoisotopic (exact) mass is 480 g/mol. The number of anilines is 1. The third kappa shape index (κ3) is 4.10. The first-order valence-corrected chi connectivity index (χ1v) is 12.6.